The maximum Gasteiger partial charge on any atom is 0.343 e. The number of halogens is 1. The van der Waals surface area contributed by atoms with Crippen LogP contribution >= 0.6 is 11.6 Å². The van der Waals surface area contributed by atoms with Crippen LogP contribution in [0.25, 0.3) is 0 Å². The third-order valence-corrected chi connectivity index (χ3v) is 5.88. The van der Waals surface area contributed by atoms with Crippen molar-refractivity contribution in [2.45, 2.75) is 0 Å². The SMILES string of the molecule is COC(=O)c1ccc(OC(=O)c2ccc(NC3=C(Cl)C(=O)N(c4cc(OC)ccc4OC)C3=O)cc2)cc1. The molecule has 0 aromatic heterocycles. The van der Waals surface area contributed by atoms with E-state index in [0.717, 1.165) is 4.90 Å². The number of benzene rings is 3. The van der Waals surface area contributed by atoms with Crippen LogP contribution in [0.4, 0.5) is 11.4 Å². The minimum Gasteiger partial charge on any atom is -0.497 e. The molecule has 1 aliphatic heterocycles. The summed E-state index contributed by atoms with van der Waals surface area (Å²) in [5.74, 6) is -1.63. The Morgan fingerprint density at radius 2 is 1.37 bits per heavy atom. The molecule has 3 aromatic rings. The highest BCUT2D eigenvalue weighted by molar-refractivity contribution is 6.53. The van der Waals surface area contributed by atoms with Gasteiger partial charge < -0.3 is 24.3 Å². The van der Waals surface area contributed by atoms with Crippen molar-refractivity contribution in [1.82, 2.24) is 0 Å². The first-order valence-corrected chi connectivity index (χ1v) is 11.4. The van der Waals surface area contributed by atoms with Crippen molar-refractivity contribution in [3.8, 4) is 17.2 Å². The maximum atomic E-state index is 13.2. The molecule has 0 saturated heterocycles. The Bertz CT molecular complexity index is 1450. The number of esters is 2. The topological polar surface area (TPSA) is 120 Å². The maximum absolute atomic E-state index is 13.2. The lowest BCUT2D eigenvalue weighted by Gasteiger charge is -2.19. The zero-order chi connectivity index (χ0) is 27.4. The van der Waals surface area contributed by atoms with Crippen LogP contribution in [-0.4, -0.2) is 45.1 Å². The predicted octanol–water partition coefficient (Wildman–Crippen LogP) is 4.15. The van der Waals surface area contributed by atoms with Crippen molar-refractivity contribution in [2.24, 2.45) is 0 Å². The largest absolute Gasteiger partial charge is 0.497 e. The Morgan fingerprint density at radius 1 is 0.763 bits per heavy atom. The smallest absolute Gasteiger partial charge is 0.343 e. The highest BCUT2D eigenvalue weighted by Crippen LogP contribution is 2.38. The molecule has 10 nitrogen and oxygen atoms in total. The minimum absolute atomic E-state index is 0.137. The first kappa shape index (κ1) is 26.2. The van der Waals surface area contributed by atoms with Crippen LogP contribution in [0.5, 0.6) is 17.2 Å². The zero-order valence-electron chi connectivity index (χ0n) is 20.4. The summed E-state index contributed by atoms with van der Waals surface area (Å²) < 4.78 is 20.5. The Labute approximate surface area is 222 Å². The average Bonchev–Trinajstić information content (AvgIpc) is 3.15. The van der Waals surface area contributed by atoms with E-state index >= 15 is 0 Å². The Morgan fingerprint density at radius 3 is 1.97 bits per heavy atom. The summed E-state index contributed by atoms with van der Waals surface area (Å²) >= 11 is 6.23. The van der Waals surface area contributed by atoms with E-state index in [1.54, 1.807) is 12.1 Å². The number of amides is 2. The number of anilines is 2. The Hall–Kier alpha value is -4.83. The van der Waals surface area contributed by atoms with Gasteiger partial charge in [-0.1, -0.05) is 11.6 Å². The summed E-state index contributed by atoms with van der Waals surface area (Å²) in [5.41, 5.74) is 0.984. The van der Waals surface area contributed by atoms with Gasteiger partial charge in [-0.15, -0.1) is 0 Å². The molecule has 3 aromatic carbocycles. The van der Waals surface area contributed by atoms with Crippen LogP contribution in [0.15, 0.2) is 77.5 Å². The molecule has 1 heterocycles. The van der Waals surface area contributed by atoms with Gasteiger partial charge in [-0.25, -0.2) is 14.5 Å². The fourth-order valence-electron chi connectivity index (χ4n) is 3.58. The summed E-state index contributed by atoms with van der Waals surface area (Å²) in [7, 11) is 4.14. The summed E-state index contributed by atoms with van der Waals surface area (Å²) in [5, 5.41) is 2.54. The number of nitrogens with one attached hydrogen (secondary N) is 1. The van der Waals surface area contributed by atoms with Gasteiger partial charge in [-0.3, -0.25) is 9.59 Å². The number of ether oxygens (including phenoxy) is 4. The van der Waals surface area contributed by atoms with Crippen LogP contribution in [-0.2, 0) is 14.3 Å². The molecule has 38 heavy (non-hydrogen) atoms. The molecule has 1 N–H and O–H groups in total. The van der Waals surface area contributed by atoms with Gasteiger partial charge in [-0.2, -0.15) is 0 Å². The van der Waals surface area contributed by atoms with Crippen LogP contribution < -0.4 is 24.4 Å². The molecule has 0 bridgehead atoms. The lowest BCUT2D eigenvalue weighted by Crippen LogP contribution is -2.32. The van der Waals surface area contributed by atoms with E-state index in [-0.39, 0.29) is 33.5 Å². The van der Waals surface area contributed by atoms with Gasteiger partial charge in [0, 0.05) is 11.8 Å². The molecule has 0 atom stereocenters. The standard InChI is InChI=1S/C27H21ClN2O8/c1-35-19-12-13-21(36-2)20(14-19)30-24(31)22(28)23(25(30)32)29-17-8-4-16(5-9-17)27(34)38-18-10-6-15(7-11-18)26(33)37-3/h4-14,29H,1-3H3. The first-order valence-electron chi connectivity index (χ1n) is 11.1. The van der Waals surface area contributed by atoms with E-state index in [0.29, 0.717) is 17.0 Å². The number of imide groups is 1. The highest BCUT2D eigenvalue weighted by atomic mass is 35.5. The van der Waals surface area contributed by atoms with Crippen LogP contribution in [0, 0.1) is 0 Å². The molecule has 0 saturated carbocycles. The second kappa shape index (κ2) is 11.1. The number of methoxy groups -OCH3 is 3. The van der Waals surface area contributed by atoms with Crippen molar-refractivity contribution < 1.29 is 38.1 Å². The third kappa shape index (κ3) is 5.16. The summed E-state index contributed by atoms with van der Waals surface area (Å²) in [4.78, 5) is 51.0. The summed E-state index contributed by atoms with van der Waals surface area (Å²) in [6.07, 6.45) is 0. The normalized spacial score (nSPS) is 12.9. The van der Waals surface area contributed by atoms with E-state index in [1.165, 1.54) is 75.9 Å². The molecule has 0 radical (unpaired) electrons. The highest BCUT2D eigenvalue weighted by Gasteiger charge is 2.40. The van der Waals surface area contributed by atoms with Crippen molar-refractivity contribution >= 4 is 46.7 Å². The van der Waals surface area contributed by atoms with Crippen LogP contribution in [0.2, 0.25) is 0 Å². The monoisotopic (exact) mass is 536 g/mol. The van der Waals surface area contributed by atoms with Gasteiger partial charge in [-0.05, 0) is 60.7 Å². The van der Waals surface area contributed by atoms with Gasteiger partial charge in [0.2, 0.25) is 0 Å². The van der Waals surface area contributed by atoms with Gasteiger partial charge in [0.25, 0.3) is 11.8 Å². The average molecular weight is 537 g/mol. The molecule has 11 heteroatoms. The quantitative estimate of drug-likeness (QED) is 0.257. The van der Waals surface area contributed by atoms with Crippen molar-refractivity contribution in [2.75, 3.05) is 31.5 Å². The van der Waals surface area contributed by atoms with E-state index in [1.807, 2.05) is 0 Å². The van der Waals surface area contributed by atoms with Crippen LogP contribution in [0.1, 0.15) is 20.7 Å². The van der Waals surface area contributed by atoms with Gasteiger partial charge in [0.15, 0.2) is 0 Å². The van der Waals surface area contributed by atoms with Crippen molar-refractivity contribution in [1.29, 1.82) is 0 Å². The lowest BCUT2D eigenvalue weighted by molar-refractivity contribution is -0.120. The number of rotatable bonds is 8. The van der Waals surface area contributed by atoms with Crippen molar-refractivity contribution in [3.05, 3.63) is 88.6 Å². The third-order valence-electron chi connectivity index (χ3n) is 5.53. The predicted molar refractivity (Wildman–Crippen MR) is 138 cm³/mol. The zero-order valence-corrected chi connectivity index (χ0v) is 21.2. The van der Waals surface area contributed by atoms with Gasteiger partial charge in [0.05, 0.1) is 38.1 Å². The molecule has 0 aliphatic carbocycles. The molecule has 1 aliphatic rings. The number of nitrogens with zero attached hydrogens (tertiary/aromatic N) is 1. The number of hydrogen-bond acceptors (Lipinski definition) is 9. The number of hydrogen-bond donors (Lipinski definition) is 1. The molecule has 0 fully saturated rings. The Balaban J connectivity index is 1.47. The number of carbonyl (C=O) groups is 4. The van der Waals surface area contributed by atoms with E-state index in [2.05, 4.69) is 10.1 Å². The minimum atomic E-state index is -0.732. The van der Waals surface area contributed by atoms with Crippen LogP contribution in [0.3, 0.4) is 0 Å². The fourth-order valence-corrected chi connectivity index (χ4v) is 3.79. The van der Waals surface area contributed by atoms with Gasteiger partial charge in [0.1, 0.15) is 28.0 Å². The molecular weight excluding hydrogens is 516 g/mol. The Kier molecular flexibility index (Phi) is 7.63. The second-order valence-corrected chi connectivity index (χ2v) is 8.16. The molecule has 2 amide bonds. The molecule has 4 rings (SSSR count). The summed E-state index contributed by atoms with van der Waals surface area (Å²) in [6, 6.07) is 16.6. The van der Waals surface area contributed by atoms with E-state index < -0.39 is 23.8 Å². The first-order chi connectivity index (χ1) is 18.3. The van der Waals surface area contributed by atoms with E-state index in [9.17, 15) is 19.2 Å². The summed E-state index contributed by atoms with van der Waals surface area (Å²) in [6.45, 7) is 0. The van der Waals surface area contributed by atoms with E-state index in [4.69, 9.17) is 25.8 Å². The second-order valence-electron chi connectivity index (χ2n) is 7.78. The molecule has 194 valence electrons. The van der Waals surface area contributed by atoms with Gasteiger partial charge >= 0.3 is 11.9 Å². The molecular formula is C27H21ClN2O8. The number of carbonyl (C=O) groups excluding carboxylic acids is 4. The lowest BCUT2D eigenvalue weighted by atomic mass is 10.2. The fraction of sp³-hybridized carbons (Fsp3) is 0.111. The molecule has 0 unspecified atom stereocenters. The van der Waals surface area contributed by atoms with Crippen molar-refractivity contribution in [3.63, 3.8) is 0 Å². The molecule has 0 spiro atoms.